The molecular weight excluding hydrogens is 428 g/mol. The Balaban J connectivity index is 1.20. The van der Waals surface area contributed by atoms with Crippen molar-refractivity contribution in [2.24, 2.45) is 0 Å². The van der Waals surface area contributed by atoms with Crippen molar-refractivity contribution in [2.75, 3.05) is 23.5 Å². The van der Waals surface area contributed by atoms with E-state index in [9.17, 15) is 10.2 Å². The van der Waals surface area contributed by atoms with E-state index in [1.54, 1.807) is 4.57 Å². The predicted octanol–water partition coefficient (Wildman–Crippen LogP) is 1.39. The number of nitrogens with zero attached hydrogens (tertiary/aromatic N) is 4. The zero-order valence-corrected chi connectivity index (χ0v) is 18.6. The molecule has 0 aliphatic carbocycles. The van der Waals surface area contributed by atoms with E-state index in [0.29, 0.717) is 16.9 Å². The van der Waals surface area contributed by atoms with Crippen LogP contribution >= 0.6 is 0 Å². The molecule has 1 aliphatic rings. The summed E-state index contributed by atoms with van der Waals surface area (Å²) in [5, 5.41) is 22.6. The molecule has 5 atom stereocenters. The van der Waals surface area contributed by atoms with Crippen LogP contribution in [0.4, 0.5) is 5.82 Å². The number of benzene rings is 1. The highest BCUT2D eigenvalue weighted by Crippen LogP contribution is 2.32. The molecule has 1 aromatic carbocycles. The van der Waals surface area contributed by atoms with Gasteiger partial charge in [0.2, 0.25) is 0 Å². The van der Waals surface area contributed by atoms with Gasteiger partial charge in [0, 0.05) is 17.1 Å². The maximum Gasteiger partial charge on any atom is 0.167 e. The van der Waals surface area contributed by atoms with E-state index in [2.05, 4.69) is 50.6 Å². The van der Waals surface area contributed by atoms with Crippen LogP contribution in [0.15, 0.2) is 43.1 Å². The highest BCUT2D eigenvalue weighted by atomic mass is 32.2. The summed E-state index contributed by atoms with van der Waals surface area (Å²) in [6.45, 7) is 0. The summed E-state index contributed by atoms with van der Waals surface area (Å²) in [5.74, 6) is 1.99. The van der Waals surface area contributed by atoms with E-state index in [0.717, 1.165) is 18.6 Å². The first-order valence-electron chi connectivity index (χ1n) is 10.6. The van der Waals surface area contributed by atoms with Crippen molar-refractivity contribution in [1.29, 1.82) is 0 Å². The average Bonchev–Trinajstić information content (AvgIpc) is 3.47. The average molecular weight is 456 g/mol. The molecule has 0 radical (unpaired) electrons. The fourth-order valence-corrected chi connectivity index (χ4v) is 6.00. The van der Waals surface area contributed by atoms with Crippen LogP contribution in [-0.2, 0) is 22.1 Å². The van der Waals surface area contributed by atoms with Gasteiger partial charge in [-0.15, -0.1) is 0 Å². The second-order valence-electron chi connectivity index (χ2n) is 8.24. The molecule has 10 heteroatoms. The highest BCUT2D eigenvalue weighted by molar-refractivity contribution is 7.96. The molecule has 9 nitrogen and oxygen atoms in total. The second kappa shape index (κ2) is 8.70. The minimum absolute atomic E-state index is 0.0399. The standard InChI is InChI=1S/C22H27N6O3S/c1-32(8-4-5-13-9-24-15-7-3-2-6-14(13)15)10-16-18(29)19(30)22(31-16)28-12-27-17-20(23)25-11-26-21(17)28/h2-3,6-7,9,11-12,16,18-19,22,24,29-30H,4-5,8,10H2,1H3,(H2,23,25,26)/q+1/t16-,18-,19-,22-,32?/m1/s1. The summed E-state index contributed by atoms with van der Waals surface area (Å²) >= 11 is 0. The Morgan fingerprint density at radius 3 is 2.91 bits per heavy atom. The van der Waals surface area contributed by atoms with Crippen molar-refractivity contribution in [3.63, 3.8) is 0 Å². The number of para-hydroxylation sites is 1. The SMILES string of the molecule is C[S+](CCCc1c[nH]c2ccccc12)C[C@H]1O[C@@H](n2cnc3c(N)ncnc32)[C@H](O)[C@@H]1O. The third-order valence-corrected chi connectivity index (χ3v) is 7.94. The third-order valence-electron chi connectivity index (χ3n) is 6.06. The lowest BCUT2D eigenvalue weighted by atomic mass is 10.1. The molecule has 1 saturated heterocycles. The summed E-state index contributed by atoms with van der Waals surface area (Å²) in [5.41, 5.74) is 9.28. The second-order valence-corrected chi connectivity index (χ2v) is 10.5. The Hall–Kier alpha value is -2.66. The van der Waals surface area contributed by atoms with Gasteiger partial charge in [0.05, 0.1) is 12.6 Å². The van der Waals surface area contributed by atoms with Crippen LogP contribution in [0.3, 0.4) is 0 Å². The molecule has 0 amide bonds. The molecule has 168 valence electrons. The van der Waals surface area contributed by atoms with Gasteiger partial charge in [-0.25, -0.2) is 15.0 Å². The van der Waals surface area contributed by atoms with E-state index in [1.807, 2.05) is 6.07 Å². The van der Waals surface area contributed by atoms with Crippen LogP contribution < -0.4 is 5.73 Å². The molecule has 1 fully saturated rings. The summed E-state index contributed by atoms with van der Waals surface area (Å²) < 4.78 is 7.70. The van der Waals surface area contributed by atoms with Crippen molar-refractivity contribution in [3.05, 3.63) is 48.7 Å². The van der Waals surface area contributed by atoms with Crippen molar-refractivity contribution in [2.45, 2.75) is 37.4 Å². The van der Waals surface area contributed by atoms with E-state index < -0.39 is 24.5 Å². The number of H-pyrrole nitrogens is 1. The lowest BCUT2D eigenvalue weighted by Crippen LogP contribution is -2.35. The number of aromatic amines is 1. The van der Waals surface area contributed by atoms with Crippen molar-refractivity contribution < 1.29 is 14.9 Å². The number of hydrogen-bond acceptors (Lipinski definition) is 7. The molecule has 0 bridgehead atoms. The first-order valence-corrected chi connectivity index (χ1v) is 12.6. The van der Waals surface area contributed by atoms with E-state index in [4.69, 9.17) is 10.5 Å². The van der Waals surface area contributed by atoms with Crippen LogP contribution in [-0.4, -0.2) is 70.8 Å². The minimum atomic E-state index is -1.07. The number of aliphatic hydroxyl groups excluding tert-OH is 2. The van der Waals surface area contributed by atoms with Gasteiger partial charge < -0.3 is 25.7 Å². The maximum atomic E-state index is 10.6. The fourth-order valence-electron chi connectivity index (χ4n) is 4.36. The number of aliphatic hydroxyl groups is 2. The number of imidazole rings is 1. The molecular formula is C22H27N6O3S+. The minimum Gasteiger partial charge on any atom is -0.387 e. The Kier molecular flexibility index (Phi) is 5.76. The first kappa shape index (κ1) is 21.2. The zero-order valence-electron chi connectivity index (χ0n) is 17.8. The zero-order chi connectivity index (χ0) is 22.2. The molecule has 5 rings (SSSR count). The van der Waals surface area contributed by atoms with Gasteiger partial charge in [0.25, 0.3) is 0 Å². The Morgan fingerprint density at radius 1 is 1.19 bits per heavy atom. The van der Waals surface area contributed by atoms with Gasteiger partial charge in [-0.05, 0) is 35.4 Å². The Bertz CT molecular complexity index is 1230. The number of aryl methyl sites for hydroxylation is 1. The molecule has 0 saturated carbocycles. The smallest absolute Gasteiger partial charge is 0.167 e. The van der Waals surface area contributed by atoms with E-state index in [1.165, 1.54) is 29.1 Å². The first-order chi connectivity index (χ1) is 15.5. The number of nitrogens with two attached hydrogens (primary N) is 1. The van der Waals surface area contributed by atoms with Gasteiger partial charge in [-0.1, -0.05) is 18.2 Å². The lowest BCUT2D eigenvalue weighted by molar-refractivity contribution is -0.0290. The van der Waals surface area contributed by atoms with Gasteiger partial charge in [0.1, 0.15) is 41.7 Å². The number of ether oxygens (including phenoxy) is 1. The fraction of sp³-hybridized carbons (Fsp3) is 0.409. The summed E-state index contributed by atoms with van der Waals surface area (Å²) in [6, 6.07) is 8.34. The lowest BCUT2D eigenvalue weighted by Gasteiger charge is -2.16. The highest BCUT2D eigenvalue weighted by Gasteiger charge is 2.46. The van der Waals surface area contributed by atoms with Crippen molar-refractivity contribution >= 4 is 38.8 Å². The van der Waals surface area contributed by atoms with Crippen molar-refractivity contribution in [1.82, 2.24) is 24.5 Å². The van der Waals surface area contributed by atoms with Crippen LogP contribution in [0.2, 0.25) is 0 Å². The summed E-state index contributed by atoms with van der Waals surface area (Å²) in [6.07, 6.45) is 5.94. The number of nitrogens with one attached hydrogen (secondary N) is 1. The number of hydrogen-bond donors (Lipinski definition) is 4. The van der Waals surface area contributed by atoms with E-state index >= 15 is 0 Å². The van der Waals surface area contributed by atoms with Crippen LogP contribution in [0.1, 0.15) is 18.2 Å². The predicted molar refractivity (Wildman–Crippen MR) is 125 cm³/mol. The molecule has 1 aliphatic heterocycles. The summed E-state index contributed by atoms with van der Waals surface area (Å²) in [4.78, 5) is 15.7. The number of rotatable bonds is 7. The normalized spacial score (nSPS) is 24.5. The maximum absolute atomic E-state index is 10.6. The van der Waals surface area contributed by atoms with Gasteiger partial charge >= 0.3 is 0 Å². The molecule has 0 spiro atoms. The topological polar surface area (TPSA) is 135 Å². The Morgan fingerprint density at radius 2 is 2.03 bits per heavy atom. The molecule has 32 heavy (non-hydrogen) atoms. The number of fused-ring (bicyclic) bond motifs is 2. The molecule has 4 aromatic rings. The largest absolute Gasteiger partial charge is 0.387 e. The number of aromatic nitrogens is 5. The van der Waals surface area contributed by atoms with Gasteiger partial charge in [0.15, 0.2) is 17.7 Å². The van der Waals surface area contributed by atoms with Crippen LogP contribution in [0.5, 0.6) is 0 Å². The number of anilines is 1. The molecule has 5 N–H and O–H groups in total. The molecule has 1 unspecified atom stereocenters. The number of nitrogen functional groups attached to an aromatic ring is 1. The van der Waals surface area contributed by atoms with Crippen LogP contribution in [0, 0.1) is 0 Å². The monoisotopic (exact) mass is 455 g/mol. The quantitative estimate of drug-likeness (QED) is 0.309. The van der Waals surface area contributed by atoms with Gasteiger partial charge in [-0.3, -0.25) is 4.57 Å². The Labute approximate surface area is 188 Å². The van der Waals surface area contributed by atoms with E-state index in [-0.39, 0.29) is 16.7 Å². The van der Waals surface area contributed by atoms with Gasteiger partial charge in [-0.2, -0.15) is 0 Å². The third kappa shape index (κ3) is 3.83. The van der Waals surface area contributed by atoms with Crippen molar-refractivity contribution in [3.8, 4) is 0 Å². The summed E-state index contributed by atoms with van der Waals surface area (Å²) in [7, 11) is 0.0399. The molecule has 3 aromatic heterocycles. The van der Waals surface area contributed by atoms with Crippen LogP contribution in [0.25, 0.3) is 22.1 Å². The molecule has 4 heterocycles.